The molecule has 0 fully saturated rings. The molecule has 0 aliphatic rings. The molecule has 2 aromatic carbocycles. The van der Waals surface area contributed by atoms with Crippen molar-refractivity contribution in [3.8, 4) is 11.5 Å². The average molecular weight is 398 g/mol. The SMILES string of the molecule is CN(C)S(=O)(=O)c1cccc(-c2nnc(CCc3nc4ccccc4o3)o2)c1. The van der Waals surface area contributed by atoms with E-state index in [1.54, 1.807) is 12.1 Å². The Morgan fingerprint density at radius 2 is 1.71 bits per heavy atom. The lowest BCUT2D eigenvalue weighted by Crippen LogP contribution is -2.22. The number of sulfonamides is 1. The van der Waals surface area contributed by atoms with E-state index in [0.717, 1.165) is 15.4 Å². The molecule has 0 aliphatic heterocycles. The Kier molecular flexibility index (Phi) is 4.70. The summed E-state index contributed by atoms with van der Waals surface area (Å²) in [6, 6.07) is 14.0. The average Bonchev–Trinajstić information content (AvgIpc) is 3.33. The molecule has 0 unspecified atom stereocenters. The summed E-state index contributed by atoms with van der Waals surface area (Å²) in [7, 11) is -0.567. The lowest BCUT2D eigenvalue weighted by Gasteiger charge is -2.11. The molecule has 0 aliphatic carbocycles. The Morgan fingerprint density at radius 3 is 2.50 bits per heavy atom. The maximum Gasteiger partial charge on any atom is 0.247 e. The summed E-state index contributed by atoms with van der Waals surface area (Å²) in [5, 5.41) is 8.08. The Bertz CT molecular complexity index is 1190. The minimum Gasteiger partial charge on any atom is -0.441 e. The van der Waals surface area contributed by atoms with Crippen molar-refractivity contribution in [2.75, 3.05) is 14.1 Å². The monoisotopic (exact) mass is 398 g/mol. The zero-order chi connectivity index (χ0) is 19.7. The van der Waals surface area contributed by atoms with Gasteiger partial charge in [-0.25, -0.2) is 17.7 Å². The van der Waals surface area contributed by atoms with Crippen LogP contribution in [0.4, 0.5) is 0 Å². The van der Waals surface area contributed by atoms with Crippen LogP contribution in [0.1, 0.15) is 11.8 Å². The standard InChI is InChI=1S/C19H18N4O4S/c1-23(2)28(24,25)14-7-5-6-13(12-14)19-22-21-18(27-19)11-10-17-20-15-8-3-4-9-16(15)26-17/h3-9,12H,10-11H2,1-2H3. The number of hydrogen-bond donors (Lipinski definition) is 0. The second-order valence-corrected chi connectivity index (χ2v) is 8.54. The predicted octanol–water partition coefficient (Wildman–Crippen LogP) is 2.91. The van der Waals surface area contributed by atoms with Crippen molar-refractivity contribution >= 4 is 21.1 Å². The van der Waals surface area contributed by atoms with Crippen molar-refractivity contribution in [2.24, 2.45) is 0 Å². The number of oxazole rings is 1. The molecule has 2 heterocycles. The highest BCUT2D eigenvalue weighted by molar-refractivity contribution is 7.89. The first kappa shape index (κ1) is 18.3. The van der Waals surface area contributed by atoms with Crippen LogP contribution in [0, 0.1) is 0 Å². The first-order chi connectivity index (χ1) is 13.4. The molecule has 0 amide bonds. The minimum absolute atomic E-state index is 0.168. The summed E-state index contributed by atoms with van der Waals surface area (Å²) < 4.78 is 37.1. The van der Waals surface area contributed by atoms with Gasteiger partial charge in [0.2, 0.25) is 21.8 Å². The fraction of sp³-hybridized carbons (Fsp3) is 0.211. The lowest BCUT2D eigenvalue weighted by molar-refractivity contribution is 0.476. The van der Waals surface area contributed by atoms with E-state index in [9.17, 15) is 8.42 Å². The highest BCUT2D eigenvalue weighted by Crippen LogP contribution is 2.23. The number of hydrogen-bond acceptors (Lipinski definition) is 7. The molecule has 4 rings (SSSR count). The molecular formula is C19H18N4O4S. The van der Waals surface area contributed by atoms with Gasteiger partial charge in [-0.1, -0.05) is 18.2 Å². The van der Waals surface area contributed by atoms with Gasteiger partial charge in [0.25, 0.3) is 0 Å². The second-order valence-electron chi connectivity index (χ2n) is 6.39. The van der Waals surface area contributed by atoms with Crippen LogP contribution in [-0.2, 0) is 22.9 Å². The summed E-state index contributed by atoms with van der Waals surface area (Å²) in [6.45, 7) is 0. The number of aryl methyl sites for hydroxylation is 2. The Labute approximate surface area is 161 Å². The summed E-state index contributed by atoms with van der Waals surface area (Å²) in [5.41, 5.74) is 2.09. The van der Waals surface area contributed by atoms with Gasteiger partial charge < -0.3 is 8.83 Å². The highest BCUT2D eigenvalue weighted by Gasteiger charge is 2.19. The Morgan fingerprint density at radius 1 is 0.929 bits per heavy atom. The molecule has 0 spiro atoms. The summed E-state index contributed by atoms with van der Waals surface area (Å²) in [5.74, 6) is 1.29. The maximum absolute atomic E-state index is 12.3. The van der Waals surface area contributed by atoms with Crippen LogP contribution in [-0.4, -0.2) is 42.0 Å². The van der Waals surface area contributed by atoms with Crippen molar-refractivity contribution in [2.45, 2.75) is 17.7 Å². The number of aromatic nitrogens is 3. The van der Waals surface area contributed by atoms with Crippen LogP contribution in [0.15, 0.2) is 62.3 Å². The molecule has 0 atom stereocenters. The van der Waals surface area contributed by atoms with E-state index in [1.165, 1.54) is 26.2 Å². The quantitative estimate of drug-likeness (QED) is 0.492. The normalized spacial score (nSPS) is 12.1. The van der Waals surface area contributed by atoms with E-state index in [1.807, 2.05) is 24.3 Å². The molecule has 0 saturated heterocycles. The van der Waals surface area contributed by atoms with Gasteiger partial charge in [0, 0.05) is 32.5 Å². The zero-order valence-corrected chi connectivity index (χ0v) is 16.2. The van der Waals surface area contributed by atoms with Crippen LogP contribution in [0.25, 0.3) is 22.6 Å². The summed E-state index contributed by atoms with van der Waals surface area (Å²) in [6.07, 6.45) is 0.987. The summed E-state index contributed by atoms with van der Waals surface area (Å²) in [4.78, 5) is 4.59. The Hall–Kier alpha value is -3.04. The summed E-state index contributed by atoms with van der Waals surface area (Å²) >= 11 is 0. The van der Waals surface area contributed by atoms with Gasteiger partial charge in [0.15, 0.2) is 11.5 Å². The third-order valence-electron chi connectivity index (χ3n) is 4.22. The molecule has 2 aromatic heterocycles. The van der Waals surface area contributed by atoms with Gasteiger partial charge in [-0.2, -0.15) is 0 Å². The van der Waals surface area contributed by atoms with Gasteiger partial charge in [-0.05, 0) is 30.3 Å². The van der Waals surface area contributed by atoms with Crippen LogP contribution in [0.2, 0.25) is 0 Å². The third-order valence-corrected chi connectivity index (χ3v) is 6.03. The van der Waals surface area contributed by atoms with Gasteiger partial charge >= 0.3 is 0 Å². The molecule has 28 heavy (non-hydrogen) atoms. The van der Waals surface area contributed by atoms with Crippen LogP contribution < -0.4 is 0 Å². The Balaban J connectivity index is 1.51. The third kappa shape index (κ3) is 3.54. The molecule has 0 N–H and O–H groups in total. The number of para-hydroxylation sites is 2. The number of benzene rings is 2. The first-order valence-electron chi connectivity index (χ1n) is 8.63. The van der Waals surface area contributed by atoms with Gasteiger partial charge in [0.1, 0.15) is 5.52 Å². The van der Waals surface area contributed by atoms with E-state index < -0.39 is 10.0 Å². The van der Waals surface area contributed by atoms with Crippen molar-refractivity contribution in [1.29, 1.82) is 0 Å². The highest BCUT2D eigenvalue weighted by atomic mass is 32.2. The van der Waals surface area contributed by atoms with Gasteiger partial charge in [-0.15, -0.1) is 10.2 Å². The van der Waals surface area contributed by atoms with Crippen molar-refractivity contribution in [3.63, 3.8) is 0 Å². The van der Waals surface area contributed by atoms with Gasteiger partial charge in [-0.3, -0.25) is 0 Å². The zero-order valence-electron chi connectivity index (χ0n) is 15.4. The van der Waals surface area contributed by atoms with Gasteiger partial charge in [0.05, 0.1) is 4.90 Å². The number of nitrogens with zero attached hydrogens (tertiary/aromatic N) is 4. The van der Waals surface area contributed by atoms with E-state index in [2.05, 4.69) is 15.2 Å². The van der Waals surface area contributed by atoms with E-state index in [-0.39, 0.29) is 10.8 Å². The first-order valence-corrected chi connectivity index (χ1v) is 10.1. The fourth-order valence-electron chi connectivity index (χ4n) is 2.71. The molecule has 9 heteroatoms. The fourth-order valence-corrected chi connectivity index (χ4v) is 3.66. The molecule has 0 bridgehead atoms. The topological polar surface area (TPSA) is 102 Å². The smallest absolute Gasteiger partial charge is 0.247 e. The molecule has 0 radical (unpaired) electrons. The van der Waals surface area contributed by atoms with E-state index in [0.29, 0.717) is 30.2 Å². The second kappa shape index (κ2) is 7.17. The molecule has 144 valence electrons. The molecule has 8 nitrogen and oxygen atoms in total. The number of fused-ring (bicyclic) bond motifs is 1. The van der Waals surface area contributed by atoms with Crippen LogP contribution in [0.5, 0.6) is 0 Å². The maximum atomic E-state index is 12.3. The lowest BCUT2D eigenvalue weighted by atomic mass is 10.2. The van der Waals surface area contributed by atoms with Crippen molar-refractivity contribution < 1.29 is 17.3 Å². The van der Waals surface area contributed by atoms with E-state index in [4.69, 9.17) is 8.83 Å². The van der Waals surface area contributed by atoms with Crippen LogP contribution >= 0.6 is 0 Å². The largest absolute Gasteiger partial charge is 0.441 e. The molecule has 0 saturated carbocycles. The molecule has 4 aromatic rings. The predicted molar refractivity (Wildman–Crippen MR) is 102 cm³/mol. The van der Waals surface area contributed by atoms with Crippen molar-refractivity contribution in [3.05, 3.63) is 60.3 Å². The minimum atomic E-state index is -3.54. The van der Waals surface area contributed by atoms with Crippen molar-refractivity contribution in [1.82, 2.24) is 19.5 Å². The molecular weight excluding hydrogens is 380 g/mol. The number of rotatable bonds is 6. The van der Waals surface area contributed by atoms with Crippen LogP contribution in [0.3, 0.4) is 0 Å². The van der Waals surface area contributed by atoms with E-state index >= 15 is 0 Å².